The second-order valence-corrected chi connectivity index (χ2v) is 16.8. The van der Waals surface area contributed by atoms with Crippen LogP contribution in [-0.4, -0.2) is 88.1 Å². The lowest BCUT2D eigenvalue weighted by Crippen LogP contribution is -2.49. The van der Waals surface area contributed by atoms with Crippen LogP contribution >= 0.6 is 0 Å². The molecule has 57 heavy (non-hydrogen) atoms. The molecule has 13 nitrogen and oxygen atoms in total. The Morgan fingerprint density at radius 3 is 2.26 bits per heavy atom. The zero-order chi connectivity index (χ0) is 39.9. The summed E-state index contributed by atoms with van der Waals surface area (Å²) in [6.07, 6.45) is 0.113. The maximum absolute atomic E-state index is 13.7. The third-order valence-corrected chi connectivity index (χ3v) is 13.1. The van der Waals surface area contributed by atoms with Crippen LogP contribution in [0.15, 0.2) is 84.0 Å². The highest BCUT2D eigenvalue weighted by Gasteiger charge is 2.33. The van der Waals surface area contributed by atoms with Crippen molar-refractivity contribution in [1.29, 1.82) is 0 Å². The van der Waals surface area contributed by atoms with Crippen LogP contribution in [0.4, 0.5) is 29.7 Å². The summed E-state index contributed by atoms with van der Waals surface area (Å²) < 4.78 is 69.1. The van der Waals surface area contributed by atoms with Gasteiger partial charge in [-0.1, -0.05) is 42.5 Å². The number of likely N-dealkylation sites (tertiary alicyclic amines) is 1. The number of imide groups is 1. The molecule has 298 valence electrons. The van der Waals surface area contributed by atoms with E-state index in [1.165, 1.54) is 20.3 Å². The molecule has 5 aromatic rings. The van der Waals surface area contributed by atoms with Crippen molar-refractivity contribution in [3.05, 3.63) is 95.8 Å². The summed E-state index contributed by atoms with van der Waals surface area (Å²) in [6.45, 7) is 3.50. The summed E-state index contributed by atoms with van der Waals surface area (Å²) >= 11 is 0. The lowest BCUT2D eigenvalue weighted by molar-refractivity contribution is -0.138. The van der Waals surface area contributed by atoms with Crippen molar-refractivity contribution in [2.24, 2.45) is 7.05 Å². The van der Waals surface area contributed by atoms with Gasteiger partial charge in [0.05, 0.1) is 16.0 Å². The van der Waals surface area contributed by atoms with E-state index in [1.54, 1.807) is 22.9 Å². The number of alkyl halides is 3. The molecule has 2 N–H and O–H groups in total. The summed E-state index contributed by atoms with van der Waals surface area (Å²) in [5.74, 6) is 0.759. The normalized spacial score (nSPS) is 18.3. The number of amides is 3. The molecule has 0 radical (unpaired) electrons. The third-order valence-electron chi connectivity index (χ3n) is 11.2. The van der Waals surface area contributed by atoms with Gasteiger partial charge in [-0.3, -0.25) is 24.6 Å². The monoisotopic (exact) mass is 801 g/mol. The molecule has 3 aliphatic heterocycles. The molecule has 0 aliphatic carbocycles. The van der Waals surface area contributed by atoms with Gasteiger partial charge in [0.1, 0.15) is 0 Å². The zero-order valence-electron chi connectivity index (χ0n) is 31.2. The number of piperidine rings is 2. The summed E-state index contributed by atoms with van der Waals surface area (Å²) in [4.78, 5) is 35.8. The molecule has 5 heterocycles. The highest BCUT2D eigenvalue weighted by molar-refractivity contribution is 7.89. The molecule has 0 atom stereocenters. The van der Waals surface area contributed by atoms with Crippen molar-refractivity contribution in [2.45, 2.75) is 61.7 Å². The number of sulfonamides is 1. The first-order chi connectivity index (χ1) is 27.3. The molecule has 17 heteroatoms. The Morgan fingerprint density at radius 1 is 0.860 bits per heavy atom. The van der Waals surface area contributed by atoms with Crippen molar-refractivity contribution in [2.75, 3.05) is 42.9 Å². The van der Waals surface area contributed by atoms with Crippen LogP contribution in [-0.2, 0) is 34.6 Å². The van der Waals surface area contributed by atoms with Gasteiger partial charge >= 0.3 is 12.2 Å². The number of anilines is 2. The molecular weight excluding hydrogens is 760 g/mol. The number of aromatic nitrogens is 4. The molecule has 0 bridgehead atoms. The standard InChI is InChI=1S/C40H42F3N9O4S/c1-49-35-22-30(9-10-34(35)37(48-49)52-20-15-36(53)47-39(52)54)28-11-16-50(17-12-28)25-26-5-7-27(8-6-26)29-3-2-4-33(21-29)57(55,56)51-18-13-32(14-19-51)46-38-44-23-31(24-45-38)40(41,42)43/h2-10,21-24,28,32H,11-20,25H2,1H3,(H,44,45,46)(H,47,53,54). The molecule has 0 saturated carbocycles. The van der Waals surface area contributed by atoms with Crippen LogP contribution in [0.1, 0.15) is 54.7 Å². The summed E-state index contributed by atoms with van der Waals surface area (Å²) in [5.41, 5.74) is 4.15. The second kappa shape index (κ2) is 15.5. The van der Waals surface area contributed by atoms with Crippen molar-refractivity contribution in [1.82, 2.24) is 34.3 Å². The average molecular weight is 802 g/mol. The number of halogens is 3. The van der Waals surface area contributed by atoms with Crippen LogP contribution in [0.3, 0.4) is 0 Å². The molecular formula is C40H42F3N9O4S. The molecule has 3 aliphatic rings. The Kier molecular flexibility index (Phi) is 10.5. The topological polar surface area (TPSA) is 146 Å². The fourth-order valence-electron chi connectivity index (χ4n) is 7.92. The summed E-state index contributed by atoms with van der Waals surface area (Å²) in [7, 11) is -1.90. The molecule has 8 rings (SSSR count). The van der Waals surface area contributed by atoms with E-state index in [2.05, 4.69) is 54.9 Å². The maximum Gasteiger partial charge on any atom is 0.419 e. The van der Waals surface area contributed by atoms with E-state index in [1.807, 2.05) is 31.3 Å². The van der Waals surface area contributed by atoms with E-state index < -0.39 is 27.8 Å². The van der Waals surface area contributed by atoms with Gasteiger partial charge in [0.25, 0.3) is 0 Å². The predicted octanol–water partition coefficient (Wildman–Crippen LogP) is 6.14. The van der Waals surface area contributed by atoms with Crippen LogP contribution in [0, 0.1) is 0 Å². The molecule has 0 spiro atoms. The number of hydrogen-bond donors (Lipinski definition) is 2. The number of carbonyl (C=O) groups excluding carboxylic acids is 2. The Morgan fingerprint density at radius 2 is 1.58 bits per heavy atom. The van der Waals surface area contributed by atoms with E-state index in [4.69, 9.17) is 0 Å². The SMILES string of the molecule is Cn1nc(N2CCC(=O)NC2=O)c2ccc(C3CCN(Cc4ccc(-c5cccc(S(=O)(=O)N6CCC(Nc7ncc(C(F)(F)F)cn7)CC6)c5)cc4)CC3)cc21. The van der Waals surface area contributed by atoms with E-state index in [0.29, 0.717) is 31.1 Å². The highest BCUT2D eigenvalue weighted by Crippen LogP contribution is 2.35. The minimum Gasteiger partial charge on any atom is -0.351 e. The largest absolute Gasteiger partial charge is 0.419 e. The molecule has 3 aromatic carbocycles. The van der Waals surface area contributed by atoms with Crippen LogP contribution in [0.25, 0.3) is 22.0 Å². The van der Waals surface area contributed by atoms with Crippen LogP contribution in [0.5, 0.6) is 0 Å². The minimum absolute atomic E-state index is 0.0761. The van der Waals surface area contributed by atoms with Crippen molar-refractivity contribution in [3.63, 3.8) is 0 Å². The Labute approximate surface area is 327 Å². The van der Waals surface area contributed by atoms with Gasteiger partial charge in [0, 0.05) is 63.5 Å². The molecule has 2 aromatic heterocycles. The number of nitrogens with zero attached hydrogens (tertiary/aromatic N) is 7. The lowest BCUT2D eigenvalue weighted by atomic mass is 9.88. The number of aryl methyl sites for hydroxylation is 1. The fourth-order valence-corrected chi connectivity index (χ4v) is 9.43. The van der Waals surface area contributed by atoms with Crippen LogP contribution < -0.4 is 15.5 Å². The third kappa shape index (κ3) is 8.22. The van der Waals surface area contributed by atoms with Crippen LogP contribution in [0.2, 0.25) is 0 Å². The Bertz CT molecular complexity index is 2390. The van der Waals surface area contributed by atoms with Gasteiger partial charge in [0.2, 0.25) is 21.9 Å². The number of urea groups is 1. The number of nitrogens with one attached hydrogen (secondary N) is 2. The molecule has 0 unspecified atom stereocenters. The zero-order valence-corrected chi connectivity index (χ0v) is 32.1. The van der Waals surface area contributed by atoms with Gasteiger partial charge in [-0.2, -0.15) is 22.6 Å². The lowest BCUT2D eigenvalue weighted by Gasteiger charge is -2.32. The first-order valence-electron chi connectivity index (χ1n) is 19.0. The van der Waals surface area contributed by atoms with E-state index in [0.717, 1.165) is 66.9 Å². The first kappa shape index (κ1) is 38.5. The maximum atomic E-state index is 13.7. The highest BCUT2D eigenvalue weighted by atomic mass is 32.2. The summed E-state index contributed by atoms with van der Waals surface area (Å²) in [6, 6.07) is 20.9. The molecule has 3 fully saturated rings. The van der Waals surface area contributed by atoms with Gasteiger partial charge in [-0.15, -0.1) is 0 Å². The Balaban J connectivity index is 0.843. The van der Waals surface area contributed by atoms with E-state index >= 15 is 0 Å². The number of hydrogen-bond acceptors (Lipinski definition) is 9. The first-order valence-corrected chi connectivity index (χ1v) is 20.4. The van der Waals surface area contributed by atoms with E-state index in [-0.39, 0.29) is 42.3 Å². The number of fused-ring (bicyclic) bond motifs is 1. The number of rotatable bonds is 9. The Hall–Kier alpha value is -5.39. The minimum atomic E-state index is -4.52. The van der Waals surface area contributed by atoms with Gasteiger partial charge < -0.3 is 5.32 Å². The number of benzene rings is 3. The second-order valence-electron chi connectivity index (χ2n) is 14.9. The number of carbonyl (C=O) groups is 2. The van der Waals surface area contributed by atoms with Gasteiger partial charge in [-0.05, 0) is 91.2 Å². The van der Waals surface area contributed by atoms with Gasteiger partial charge in [0.15, 0.2) is 5.82 Å². The average Bonchev–Trinajstić information content (AvgIpc) is 3.53. The quantitative estimate of drug-likeness (QED) is 0.180. The molecule has 3 saturated heterocycles. The molecule has 3 amide bonds. The predicted molar refractivity (Wildman–Crippen MR) is 208 cm³/mol. The fraction of sp³-hybridized carbons (Fsp3) is 0.375. The van der Waals surface area contributed by atoms with Crippen molar-refractivity contribution in [3.8, 4) is 11.1 Å². The van der Waals surface area contributed by atoms with Gasteiger partial charge in [-0.25, -0.2) is 23.2 Å². The van der Waals surface area contributed by atoms with E-state index in [9.17, 15) is 31.2 Å². The van der Waals surface area contributed by atoms with Crippen molar-refractivity contribution < 1.29 is 31.2 Å². The summed E-state index contributed by atoms with van der Waals surface area (Å²) in [5, 5.41) is 10.9. The smallest absolute Gasteiger partial charge is 0.351 e. The van der Waals surface area contributed by atoms with Crippen molar-refractivity contribution >= 4 is 44.6 Å².